The molecule has 0 bridgehead atoms. The highest BCUT2D eigenvalue weighted by Crippen LogP contribution is 2.36. The van der Waals surface area contributed by atoms with Crippen LogP contribution in [0.15, 0.2) is 24.3 Å². The average molecular weight is 289 g/mol. The van der Waals surface area contributed by atoms with E-state index in [1.807, 2.05) is 6.92 Å². The molecule has 112 valence electrons. The fraction of sp³-hybridized carbons (Fsp3) is 0.571. The van der Waals surface area contributed by atoms with Crippen molar-refractivity contribution in [2.45, 2.75) is 31.7 Å². The summed E-state index contributed by atoms with van der Waals surface area (Å²) in [5.74, 6) is -0.140. The van der Waals surface area contributed by atoms with Crippen LogP contribution in [0.3, 0.4) is 0 Å². The molecule has 2 rings (SSSR count). The maximum Gasteiger partial charge on any atom is 0.419 e. The minimum absolute atomic E-state index is 0.00930. The Hall–Kier alpha value is -1.27. The third kappa shape index (κ3) is 3.64. The topological polar surface area (TPSA) is 30.5 Å². The number of likely N-dealkylation sites (N-methyl/N-ethyl adjacent to an activating group) is 1. The van der Waals surface area contributed by atoms with Crippen LogP contribution in [-0.4, -0.2) is 31.9 Å². The van der Waals surface area contributed by atoms with Crippen LogP contribution < -0.4 is 10.1 Å². The van der Waals surface area contributed by atoms with Gasteiger partial charge in [-0.2, -0.15) is 13.2 Å². The van der Waals surface area contributed by atoms with Gasteiger partial charge in [0.05, 0.1) is 12.2 Å². The summed E-state index contributed by atoms with van der Waals surface area (Å²) < 4.78 is 49.6. The van der Waals surface area contributed by atoms with E-state index in [1.54, 1.807) is 0 Å². The summed E-state index contributed by atoms with van der Waals surface area (Å²) in [6.07, 6.45) is -4.10. The molecular formula is C14H18F3NO2. The maximum absolute atomic E-state index is 12.9. The van der Waals surface area contributed by atoms with Gasteiger partial charge >= 0.3 is 6.18 Å². The van der Waals surface area contributed by atoms with E-state index in [2.05, 4.69) is 5.32 Å². The summed E-state index contributed by atoms with van der Waals surface area (Å²) in [5, 5.41) is 3.23. The number of hydrogen-bond donors (Lipinski definition) is 1. The molecule has 0 radical (unpaired) electrons. The molecule has 0 amide bonds. The zero-order valence-electron chi connectivity index (χ0n) is 11.2. The van der Waals surface area contributed by atoms with Gasteiger partial charge < -0.3 is 14.8 Å². The molecule has 1 fully saturated rings. The molecule has 0 spiro atoms. The Morgan fingerprint density at radius 2 is 2.10 bits per heavy atom. The Balaban J connectivity index is 2.16. The number of ether oxygens (including phenoxy) is 2. The summed E-state index contributed by atoms with van der Waals surface area (Å²) in [5.41, 5.74) is -0.749. The standard InChI is InChI=1S/C14H18F3NO2/c1-2-18-11-7-8-19-9-13(11)20-12-6-4-3-5-10(12)14(15,16)17/h3-6,11,13,18H,2,7-9H2,1H3. The van der Waals surface area contributed by atoms with Gasteiger partial charge in [-0.25, -0.2) is 0 Å². The predicted molar refractivity (Wildman–Crippen MR) is 68.8 cm³/mol. The van der Waals surface area contributed by atoms with Crippen molar-refractivity contribution in [1.29, 1.82) is 0 Å². The number of hydrogen-bond acceptors (Lipinski definition) is 3. The molecule has 0 aliphatic carbocycles. The third-order valence-electron chi connectivity index (χ3n) is 3.24. The molecule has 6 heteroatoms. The molecule has 0 saturated carbocycles. The second-order valence-electron chi connectivity index (χ2n) is 4.68. The van der Waals surface area contributed by atoms with Gasteiger partial charge in [-0.05, 0) is 25.1 Å². The van der Waals surface area contributed by atoms with Crippen molar-refractivity contribution in [3.8, 4) is 5.75 Å². The van der Waals surface area contributed by atoms with Crippen LogP contribution in [0.4, 0.5) is 13.2 Å². The van der Waals surface area contributed by atoms with E-state index in [1.165, 1.54) is 18.2 Å². The largest absolute Gasteiger partial charge is 0.486 e. The van der Waals surface area contributed by atoms with Gasteiger partial charge in [-0.15, -0.1) is 0 Å². The van der Waals surface area contributed by atoms with Crippen molar-refractivity contribution in [2.24, 2.45) is 0 Å². The number of para-hydroxylation sites is 1. The van der Waals surface area contributed by atoms with Crippen molar-refractivity contribution in [3.63, 3.8) is 0 Å². The Labute approximate surface area is 116 Å². The van der Waals surface area contributed by atoms with E-state index >= 15 is 0 Å². The van der Waals surface area contributed by atoms with E-state index in [-0.39, 0.29) is 11.8 Å². The van der Waals surface area contributed by atoms with Crippen LogP contribution in [-0.2, 0) is 10.9 Å². The molecule has 2 atom stereocenters. The van der Waals surface area contributed by atoms with Crippen LogP contribution in [0.2, 0.25) is 0 Å². The van der Waals surface area contributed by atoms with Crippen LogP contribution in [0, 0.1) is 0 Å². The Morgan fingerprint density at radius 3 is 2.80 bits per heavy atom. The quantitative estimate of drug-likeness (QED) is 0.924. The molecule has 0 aromatic heterocycles. The first-order valence-corrected chi connectivity index (χ1v) is 6.66. The molecular weight excluding hydrogens is 271 g/mol. The second kappa shape index (κ2) is 6.45. The lowest BCUT2D eigenvalue weighted by atomic mass is 10.1. The lowest BCUT2D eigenvalue weighted by molar-refractivity contribution is -0.140. The van der Waals surface area contributed by atoms with Crippen LogP contribution in [0.25, 0.3) is 0 Å². The zero-order chi connectivity index (χ0) is 14.6. The molecule has 1 aromatic rings. The van der Waals surface area contributed by atoms with Gasteiger partial charge in [0.25, 0.3) is 0 Å². The van der Waals surface area contributed by atoms with Crippen molar-refractivity contribution in [1.82, 2.24) is 5.32 Å². The van der Waals surface area contributed by atoms with E-state index in [4.69, 9.17) is 9.47 Å². The zero-order valence-corrected chi connectivity index (χ0v) is 11.2. The molecule has 3 nitrogen and oxygen atoms in total. The van der Waals surface area contributed by atoms with Crippen molar-refractivity contribution in [2.75, 3.05) is 19.8 Å². The van der Waals surface area contributed by atoms with Gasteiger partial charge in [0.2, 0.25) is 0 Å². The van der Waals surface area contributed by atoms with E-state index in [9.17, 15) is 13.2 Å². The fourth-order valence-corrected chi connectivity index (χ4v) is 2.29. The summed E-state index contributed by atoms with van der Waals surface area (Å²) in [6.45, 7) is 3.59. The lowest BCUT2D eigenvalue weighted by Gasteiger charge is -2.33. The highest BCUT2D eigenvalue weighted by Gasteiger charge is 2.36. The third-order valence-corrected chi connectivity index (χ3v) is 3.24. The van der Waals surface area contributed by atoms with Crippen molar-refractivity contribution < 1.29 is 22.6 Å². The van der Waals surface area contributed by atoms with E-state index in [0.717, 1.165) is 19.0 Å². The number of halogens is 3. The lowest BCUT2D eigenvalue weighted by Crippen LogP contribution is -2.49. The molecule has 1 saturated heterocycles. The van der Waals surface area contributed by atoms with Crippen LogP contribution >= 0.6 is 0 Å². The van der Waals surface area contributed by atoms with Gasteiger partial charge in [0, 0.05) is 12.6 Å². The highest BCUT2D eigenvalue weighted by atomic mass is 19.4. The summed E-state index contributed by atoms with van der Waals surface area (Å²) in [4.78, 5) is 0. The molecule has 20 heavy (non-hydrogen) atoms. The van der Waals surface area contributed by atoms with Crippen molar-refractivity contribution in [3.05, 3.63) is 29.8 Å². The average Bonchev–Trinajstić information content (AvgIpc) is 2.41. The molecule has 1 aliphatic rings. The molecule has 2 unspecified atom stereocenters. The predicted octanol–water partition coefficient (Wildman–Crippen LogP) is 2.85. The van der Waals surface area contributed by atoms with E-state index < -0.39 is 17.8 Å². The number of nitrogens with one attached hydrogen (secondary N) is 1. The highest BCUT2D eigenvalue weighted by molar-refractivity contribution is 5.35. The summed E-state index contributed by atoms with van der Waals surface area (Å²) >= 11 is 0. The monoisotopic (exact) mass is 289 g/mol. The Kier molecular flexibility index (Phi) is 4.88. The van der Waals surface area contributed by atoms with Crippen LogP contribution in [0.1, 0.15) is 18.9 Å². The van der Waals surface area contributed by atoms with Gasteiger partial charge in [-0.1, -0.05) is 19.1 Å². The smallest absolute Gasteiger partial charge is 0.419 e. The summed E-state index contributed by atoms with van der Waals surface area (Å²) in [6, 6.07) is 5.28. The first kappa shape index (κ1) is 15.1. The first-order valence-electron chi connectivity index (χ1n) is 6.66. The van der Waals surface area contributed by atoms with Crippen LogP contribution in [0.5, 0.6) is 5.75 Å². The molecule has 1 heterocycles. The maximum atomic E-state index is 12.9. The van der Waals surface area contributed by atoms with Gasteiger partial charge in [0.1, 0.15) is 11.9 Å². The van der Waals surface area contributed by atoms with Crippen molar-refractivity contribution >= 4 is 0 Å². The second-order valence-corrected chi connectivity index (χ2v) is 4.68. The molecule has 1 N–H and O–H groups in total. The minimum Gasteiger partial charge on any atom is -0.486 e. The van der Waals surface area contributed by atoms with Gasteiger partial charge in [0.15, 0.2) is 0 Å². The number of alkyl halides is 3. The fourth-order valence-electron chi connectivity index (χ4n) is 2.29. The normalized spacial score (nSPS) is 23.6. The van der Waals surface area contributed by atoms with E-state index in [0.29, 0.717) is 13.2 Å². The number of rotatable bonds is 4. The number of benzene rings is 1. The Bertz CT molecular complexity index is 435. The Morgan fingerprint density at radius 1 is 1.35 bits per heavy atom. The molecule has 1 aromatic carbocycles. The SMILES string of the molecule is CCNC1CCOCC1Oc1ccccc1C(F)(F)F. The minimum atomic E-state index is -4.42. The molecule has 1 aliphatic heterocycles. The van der Waals surface area contributed by atoms with Gasteiger partial charge in [-0.3, -0.25) is 0 Å². The summed E-state index contributed by atoms with van der Waals surface area (Å²) in [7, 11) is 0. The first-order chi connectivity index (χ1) is 9.52.